The smallest absolute Gasteiger partial charge is 0.240 e. The van der Waals surface area contributed by atoms with Crippen molar-refractivity contribution in [2.45, 2.75) is 43.0 Å². The van der Waals surface area contributed by atoms with Crippen LogP contribution in [-0.4, -0.2) is 38.9 Å². The summed E-state index contributed by atoms with van der Waals surface area (Å²) in [4.78, 5) is 13.4. The Kier molecular flexibility index (Phi) is 3.75. The Morgan fingerprint density at radius 2 is 1.90 bits per heavy atom. The van der Waals surface area contributed by atoms with Crippen LogP contribution in [0.15, 0.2) is 23.1 Å². The van der Waals surface area contributed by atoms with E-state index in [-0.39, 0.29) is 18.4 Å². The highest BCUT2D eigenvalue weighted by Gasteiger charge is 2.30. The van der Waals surface area contributed by atoms with Gasteiger partial charge in [0.15, 0.2) is 0 Å². The van der Waals surface area contributed by atoms with Gasteiger partial charge in [-0.1, -0.05) is 6.07 Å². The number of sulfonamides is 1. The molecule has 0 aromatic heterocycles. The molecule has 1 N–H and O–H groups in total. The summed E-state index contributed by atoms with van der Waals surface area (Å²) in [6.45, 7) is 0.434. The van der Waals surface area contributed by atoms with E-state index in [1.807, 2.05) is 6.07 Å². The zero-order valence-electron chi connectivity index (χ0n) is 12.1. The second kappa shape index (κ2) is 5.42. The van der Waals surface area contributed by atoms with E-state index < -0.39 is 10.0 Å². The van der Waals surface area contributed by atoms with Gasteiger partial charge in [0.2, 0.25) is 15.9 Å². The highest BCUT2D eigenvalue weighted by molar-refractivity contribution is 7.89. The van der Waals surface area contributed by atoms with Crippen LogP contribution < -0.4 is 4.72 Å². The van der Waals surface area contributed by atoms with Gasteiger partial charge in [0.1, 0.15) is 0 Å². The van der Waals surface area contributed by atoms with Crippen molar-refractivity contribution in [1.82, 2.24) is 9.62 Å². The molecule has 1 aromatic rings. The van der Waals surface area contributed by atoms with Gasteiger partial charge >= 0.3 is 0 Å². The number of carbonyl (C=O) groups excluding carboxylic acids is 1. The van der Waals surface area contributed by atoms with Crippen LogP contribution in [0.25, 0.3) is 0 Å². The number of likely N-dealkylation sites (N-methyl/N-ethyl adjacent to an activating group) is 1. The lowest BCUT2D eigenvalue weighted by atomic mass is 9.92. The number of nitrogens with one attached hydrogen (secondary N) is 1. The van der Waals surface area contributed by atoms with Crippen LogP contribution in [0.5, 0.6) is 0 Å². The molecule has 1 fully saturated rings. The van der Waals surface area contributed by atoms with Crippen molar-refractivity contribution >= 4 is 15.9 Å². The first-order valence-electron chi connectivity index (χ1n) is 7.34. The molecule has 5 nitrogen and oxygen atoms in total. The van der Waals surface area contributed by atoms with E-state index >= 15 is 0 Å². The minimum Gasteiger partial charge on any atom is -0.344 e. The predicted molar refractivity (Wildman–Crippen MR) is 79.4 cm³/mol. The fourth-order valence-electron chi connectivity index (χ4n) is 3.11. The molecule has 0 bridgehead atoms. The fraction of sp³-hybridized carbons (Fsp3) is 0.533. The summed E-state index contributed by atoms with van der Waals surface area (Å²) in [5, 5.41) is 0. The van der Waals surface area contributed by atoms with Gasteiger partial charge in [0.05, 0.1) is 4.90 Å². The van der Waals surface area contributed by atoms with E-state index in [4.69, 9.17) is 0 Å². The average Bonchev–Trinajstić information content (AvgIpc) is 2.76. The van der Waals surface area contributed by atoms with Crippen LogP contribution in [0.2, 0.25) is 0 Å². The molecule has 0 saturated carbocycles. The molecule has 3 rings (SSSR count). The second-order valence-corrected chi connectivity index (χ2v) is 7.65. The van der Waals surface area contributed by atoms with Gasteiger partial charge in [-0.05, 0) is 48.9 Å². The third kappa shape index (κ3) is 2.96. The fourth-order valence-corrected chi connectivity index (χ4v) is 4.38. The molecule has 1 aliphatic carbocycles. The van der Waals surface area contributed by atoms with Crippen LogP contribution in [0.3, 0.4) is 0 Å². The lowest BCUT2D eigenvalue weighted by molar-refractivity contribution is -0.126. The molecule has 1 atom stereocenters. The lowest BCUT2D eigenvalue weighted by Gasteiger charge is -2.18. The average molecular weight is 308 g/mol. The van der Waals surface area contributed by atoms with E-state index in [1.54, 1.807) is 24.1 Å². The third-order valence-corrected chi connectivity index (χ3v) is 5.81. The van der Waals surface area contributed by atoms with Crippen molar-refractivity contribution in [3.05, 3.63) is 29.3 Å². The zero-order valence-corrected chi connectivity index (χ0v) is 12.9. The number of rotatable bonds is 3. The monoisotopic (exact) mass is 308 g/mol. The van der Waals surface area contributed by atoms with Crippen LogP contribution in [0.1, 0.15) is 30.4 Å². The molecule has 1 heterocycles. The van der Waals surface area contributed by atoms with Gasteiger partial charge < -0.3 is 4.90 Å². The van der Waals surface area contributed by atoms with E-state index in [0.29, 0.717) is 11.4 Å². The van der Waals surface area contributed by atoms with Crippen molar-refractivity contribution in [2.75, 3.05) is 13.6 Å². The van der Waals surface area contributed by atoms with Gasteiger partial charge in [-0.2, -0.15) is 0 Å². The van der Waals surface area contributed by atoms with Gasteiger partial charge in [-0.15, -0.1) is 0 Å². The molecule has 0 radical (unpaired) electrons. The van der Waals surface area contributed by atoms with Gasteiger partial charge in [-0.3, -0.25) is 4.79 Å². The Balaban J connectivity index is 1.80. The summed E-state index contributed by atoms with van der Waals surface area (Å²) < 4.78 is 27.5. The van der Waals surface area contributed by atoms with Gasteiger partial charge in [0, 0.05) is 26.1 Å². The molecule has 21 heavy (non-hydrogen) atoms. The second-order valence-electron chi connectivity index (χ2n) is 5.93. The first-order chi connectivity index (χ1) is 9.95. The molecular weight excluding hydrogens is 288 g/mol. The Bertz CT molecular complexity index is 669. The number of carbonyl (C=O) groups is 1. The van der Waals surface area contributed by atoms with Gasteiger partial charge in [0.25, 0.3) is 0 Å². The topological polar surface area (TPSA) is 66.5 Å². The number of likely N-dealkylation sites (tertiary alicyclic amines) is 1. The van der Waals surface area contributed by atoms with E-state index in [9.17, 15) is 13.2 Å². The van der Waals surface area contributed by atoms with Crippen LogP contribution in [-0.2, 0) is 27.7 Å². The van der Waals surface area contributed by atoms with Crippen LogP contribution in [0.4, 0.5) is 0 Å². The predicted octanol–water partition coefficient (Wildman–Crippen LogP) is 1.07. The largest absolute Gasteiger partial charge is 0.344 e. The molecule has 0 unspecified atom stereocenters. The molecule has 6 heteroatoms. The zero-order chi connectivity index (χ0) is 15.0. The molecule has 1 aromatic carbocycles. The molecule has 1 saturated heterocycles. The Labute approximate surface area is 125 Å². The Hall–Kier alpha value is -1.40. The third-order valence-electron chi connectivity index (χ3n) is 4.29. The maximum absolute atomic E-state index is 12.4. The number of hydrogen-bond donors (Lipinski definition) is 1. The SMILES string of the molecule is CN1C[C@H](NS(=O)(=O)c2ccc3c(c2)CCCC3)CC1=O. The maximum Gasteiger partial charge on any atom is 0.240 e. The highest BCUT2D eigenvalue weighted by atomic mass is 32.2. The molecule has 2 aliphatic rings. The van der Waals surface area contributed by atoms with E-state index in [1.165, 1.54) is 12.0 Å². The Morgan fingerprint density at radius 3 is 2.57 bits per heavy atom. The van der Waals surface area contributed by atoms with E-state index in [0.717, 1.165) is 24.8 Å². The summed E-state index contributed by atoms with van der Waals surface area (Å²) >= 11 is 0. The first-order valence-corrected chi connectivity index (χ1v) is 8.82. The Morgan fingerprint density at radius 1 is 1.19 bits per heavy atom. The van der Waals surface area contributed by atoms with Crippen molar-refractivity contribution in [2.24, 2.45) is 0 Å². The van der Waals surface area contributed by atoms with Crippen molar-refractivity contribution in [3.8, 4) is 0 Å². The normalized spacial score (nSPS) is 22.4. The molecule has 114 valence electrons. The van der Waals surface area contributed by atoms with E-state index in [2.05, 4.69) is 4.72 Å². The highest BCUT2D eigenvalue weighted by Crippen LogP contribution is 2.24. The summed E-state index contributed by atoms with van der Waals surface area (Å²) in [6.07, 6.45) is 4.51. The quantitative estimate of drug-likeness (QED) is 0.908. The number of fused-ring (bicyclic) bond motifs is 1. The maximum atomic E-state index is 12.4. The number of aryl methyl sites for hydroxylation is 2. The summed E-state index contributed by atoms with van der Waals surface area (Å²) in [5.74, 6) is -0.0202. The first kappa shape index (κ1) is 14.5. The summed E-state index contributed by atoms with van der Waals surface area (Å²) in [7, 11) is -1.86. The summed E-state index contributed by atoms with van der Waals surface area (Å²) in [6, 6.07) is 5.06. The standard InChI is InChI=1S/C15H20N2O3S/c1-17-10-13(9-15(17)18)16-21(19,20)14-7-6-11-4-2-3-5-12(11)8-14/h6-8,13,16H,2-5,9-10H2,1H3/t13-/m1/s1. The molecule has 1 amide bonds. The number of hydrogen-bond acceptors (Lipinski definition) is 3. The van der Waals surface area contributed by atoms with Gasteiger partial charge in [-0.25, -0.2) is 13.1 Å². The number of amides is 1. The molecular formula is C15H20N2O3S. The van der Waals surface area contributed by atoms with Crippen molar-refractivity contribution < 1.29 is 13.2 Å². The van der Waals surface area contributed by atoms with Crippen molar-refractivity contribution in [1.29, 1.82) is 0 Å². The van der Waals surface area contributed by atoms with Crippen molar-refractivity contribution in [3.63, 3.8) is 0 Å². The minimum absolute atomic E-state index is 0.0202. The minimum atomic E-state index is -3.55. The van der Waals surface area contributed by atoms with Crippen LogP contribution >= 0.6 is 0 Å². The molecule has 0 spiro atoms. The molecule has 1 aliphatic heterocycles. The van der Waals surface area contributed by atoms with Crippen LogP contribution in [0, 0.1) is 0 Å². The lowest BCUT2D eigenvalue weighted by Crippen LogP contribution is -2.36. The number of benzene rings is 1. The number of nitrogens with zero attached hydrogens (tertiary/aromatic N) is 1. The summed E-state index contributed by atoms with van der Waals surface area (Å²) in [5.41, 5.74) is 2.40.